The first-order valence-electron chi connectivity index (χ1n) is 14.8. The van der Waals surface area contributed by atoms with Crippen molar-refractivity contribution >= 4 is 23.9 Å². The van der Waals surface area contributed by atoms with Gasteiger partial charge in [-0.15, -0.1) is 5.10 Å². The molecule has 2 unspecified atom stereocenters. The first kappa shape index (κ1) is 37.2. The van der Waals surface area contributed by atoms with Gasteiger partial charge in [-0.05, 0) is 6.92 Å². The zero-order valence-corrected chi connectivity index (χ0v) is 26.6. The van der Waals surface area contributed by atoms with Crippen molar-refractivity contribution in [3.63, 3.8) is 0 Å². The van der Waals surface area contributed by atoms with Crippen molar-refractivity contribution in [1.29, 1.82) is 0 Å². The largest absolute Gasteiger partial charge is 0.457 e. The van der Waals surface area contributed by atoms with Crippen LogP contribution in [0.1, 0.15) is 47.2 Å². The minimum absolute atomic E-state index is 0.0263. The van der Waals surface area contributed by atoms with Crippen molar-refractivity contribution in [2.45, 2.75) is 110 Å². The van der Waals surface area contributed by atoms with Crippen LogP contribution in [0.4, 0.5) is 0 Å². The molecule has 2 N–H and O–H groups in total. The van der Waals surface area contributed by atoms with E-state index in [4.69, 9.17) is 42.6 Å². The van der Waals surface area contributed by atoms with Crippen molar-refractivity contribution < 1.29 is 72.0 Å². The van der Waals surface area contributed by atoms with E-state index in [2.05, 4.69) is 10.3 Å². The highest BCUT2D eigenvalue weighted by Crippen LogP contribution is 2.30. The fourth-order valence-corrected chi connectivity index (χ4v) is 5.04. The molecule has 2 fully saturated rings. The van der Waals surface area contributed by atoms with Gasteiger partial charge in [-0.3, -0.25) is 19.2 Å². The Bertz CT molecular complexity index is 1160. The molecule has 18 heteroatoms. The molecule has 0 radical (unpaired) electrons. The Morgan fingerprint density at radius 1 is 0.783 bits per heavy atom. The fourth-order valence-electron chi connectivity index (χ4n) is 5.04. The van der Waals surface area contributed by atoms with Gasteiger partial charge in [0.2, 0.25) is 0 Å². The summed E-state index contributed by atoms with van der Waals surface area (Å²) in [4.78, 5) is 46.4. The SMILES string of the molecule is CC(=O)OC1[C@H](OC(C)=O)C(C)O[C@@H](OCCOCCOCc2cn(C[C@H]3O[C@H](O)[C@H](OC(C)=O)[C@@H](C)[C@@H]3O)nn2)[C@@H]1OC(C)=O. The minimum Gasteiger partial charge on any atom is -0.457 e. The smallest absolute Gasteiger partial charge is 0.303 e. The second-order valence-corrected chi connectivity index (χ2v) is 10.9. The summed E-state index contributed by atoms with van der Waals surface area (Å²) < 4.78 is 50.5. The number of hydrogen-bond acceptors (Lipinski definition) is 17. The van der Waals surface area contributed by atoms with Crippen LogP contribution in [0.25, 0.3) is 0 Å². The lowest BCUT2D eigenvalue weighted by molar-refractivity contribution is -0.302. The van der Waals surface area contributed by atoms with Crippen molar-refractivity contribution in [3.8, 4) is 0 Å². The second-order valence-electron chi connectivity index (χ2n) is 10.9. The molecule has 0 aliphatic carbocycles. The van der Waals surface area contributed by atoms with Crippen LogP contribution in [0, 0.1) is 5.92 Å². The molecule has 46 heavy (non-hydrogen) atoms. The maximum atomic E-state index is 11.8. The Kier molecular flexibility index (Phi) is 14.2. The van der Waals surface area contributed by atoms with E-state index < -0.39 is 85.1 Å². The number of aromatic nitrogens is 3. The van der Waals surface area contributed by atoms with E-state index in [0.717, 1.165) is 0 Å². The lowest BCUT2D eigenvalue weighted by Gasteiger charge is -2.43. The van der Waals surface area contributed by atoms with Gasteiger partial charge in [0.25, 0.3) is 0 Å². The molecule has 18 nitrogen and oxygen atoms in total. The molecule has 1 aromatic rings. The zero-order valence-electron chi connectivity index (χ0n) is 26.6. The number of aliphatic hydroxyl groups is 2. The van der Waals surface area contributed by atoms with Crippen LogP contribution in [0.5, 0.6) is 0 Å². The molecule has 2 aliphatic rings. The summed E-state index contributed by atoms with van der Waals surface area (Å²) in [5.74, 6) is -3.12. The summed E-state index contributed by atoms with van der Waals surface area (Å²) in [6.45, 7) is 8.81. The number of hydrogen-bond donors (Lipinski definition) is 2. The highest BCUT2D eigenvalue weighted by atomic mass is 16.7. The van der Waals surface area contributed by atoms with E-state index in [1.54, 1.807) is 20.0 Å². The van der Waals surface area contributed by atoms with Gasteiger partial charge < -0.3 is 52.8 Å². The lowest BCUT2D eigenvalue weighted by Crippen LogP contribution is -2.61. The van der Waals surface area contributed by atoms with E-state index >= 15 is 0 Å². The molecule has 10 atom stereocenters. The Morgan fingerprint density at radius 3 is 2.00 bits per heavy atom. The highest BCUT2D eigenvalue weighted by molar-refractivity contribution is 5.68. The highest BCUT2D eigenvalue weighted by Gasteiger charge is 2.51. The van der Waals surface area contributed by atoms with Crippen LogP contribution in [0.3, 0.4) is 0 Å². The van der Waals surface area contributed by atoms with Gasteiger partial charge in [-0.25, -0.2) is 4.68 Å². The number of carbonyl (C=O) groups is 4. The normalized spacial score (nSPS) is 31.1. The number of rotatable bonds is 15. The van der Waals surface area contributed by atoms with Crippen LogP contribution in [0.2, 0.25) is 0 Å². The summed E-state index contributed by atoms with van der Waals surface area (Å²) in [6, 6.07) is 0. The molecule has 3 heterocycles. The average Bonchev–Trinajstić information content (AvgIpc) is 3.41. The molecule has 0 bridgehead atoms. The van der Waals surface area contributed by atoms with Gasteiger partial charge in [0, 0.05) is 33.6 Å². The molecular weight excluding hydrogens is 618 g/mol. The van der Waals surface area contributed by atoms with Crippen LogP contribution in [-0.2, 0) is 75.0 Å². The topological polar surface area (TPSA) is 223 Å². The van der Waals surface area contributed by atoms with E-state index in [0.29, 0.717) is 5.69 Å². The van der Waals surface area contributed by atoms with Gasteiger partial charge in [0.15, 0.2) is 37.0 Å². The molecule has 0 amide bonds. The first-order valence-corrected chi connectivity index (χ1v) is 14.8. The summed E-state index contributed by atoms with van der Waals surface area (Å²) in [7, 11) is 0. The molecule has 3 rings (SSSR count). The summed E-state index contributed by atoms with van der Waals surface area (Å²) in [5, 5.41) is 28.8. The van der Waals surface area contributed by atoms with Crippen LogP contribution in [0.15, 0.2) is 6.20 Å². The van der Waals surface area contributed by atoms with Crippen LogP contribution >= 0.6 is 0 Å². The second kappa shape index (κ2) is 17.6. The van der Waals surface area contributed by atoms with E-state index in [-0.39, 0.29) is 39.6 Å². The van der Waals surface area contributed by atoms with Crippen molar-refractivity contribution in [3.05, 3.63) is 11.9 Å². The average molecular weight is 662 g/mol. The first-order chi connectivity index (χ1) is 21.8. The van der Waals surface area contributed by atoms with E-state index in [9.17, 15) is 29.4 Å². The predicted octanol–water partition coefficient (Wildman–Crippen LogP) is -0.986. The Balaban J connectivity index is 1.39. The summed E-state index contributed by atoms with van der Waals surface area (Å²) in [6.07, 6.45) is -7.84. The van der Waals surface area contributed by atoms with Gasteiger partial charge in [0.05, 0.1) is 58.0 Å². The summed E-state index contributed by atoms with van der Waals surface area (Å²) in [5.41, 5.74) is 0.509. The quantitative estimate of drug-likeness (QED) is 0.131. The number of carbonyl (C=O) groups excluding carboxylic acids is 4. The zero-order chi connectivity index (χ0) is 34.0. The number of nitrogens with zero attached hydrogens (tertiary/aromatic N) is 3. The van der Waals surface area contributed by atoms with Gasteiger partial charge in [-0.2, -0.15) is 0 Å². The molecule has 0 saturated carbocycles. The number of aliphatic hydroxyl groups excluding tert-OH is 2. The van der Waals surface area contributed by atoms with E-state index in [1.165, 1.54) is 32.4 Å². The molecule has 1 aromatic heterocycles. The Hall–Kier alpha value is -3.26. The monoisotopic (exact) mass is 661 g/mol. The lowest BCUT2D eigenvalue weighted by atomic mass is 9.90. The van der Waals surface area contributed by atoms with Gasteiger partial charge >= 0.3 is 23.9 Å². The Labute approximate surface area is 265 Å². The maximum Gasteiger partial charge on any atom is 0.303 e. The third kappa shape index (κ3) is 10.9. The minimum atomic E-state index is -1.39. The van der Waals surface area contributed by atoms with Crippen molar-refractivity contribution in [2.75, 3.05) is 26.4 Å². The van der Waals surface area contributed by atoms with Crippen LogP contribution < -0.4 is 0 Å². The standard InChI is InChI=1S/C28H43N3O15/c1-14-22(36)21(46-27(37)23(14)42-16(3)32)12-31-11-20(29-30-31)13-39-8-7-38-9-10-40-28-26(45-19(6)35)25(44-18(5)34)24(15(2)41-28)43-17(4)33/h11,14-15,21-28,36-37H,7-10,12-13H2,1-6H3/t14-,15?,21+,22-,23+,24+,25?,26+,27-,28+/m0/s1. The number of esters is 4. The molecule has 0 spiro atoms. The molecule has 2 aliphatic heterocycles. The summed E-state index contributed by atoms with van der Waals surface area (Å²) >= 11 is 0. The third-order valence-electron chi connectivity index (χ3n) is 7.05. The molecule has 0 aromatic carbocycles. The van der Waals surface area contributed by atoms with Gasteiger partial charge in [0.1, 0.15) is 11.8 Å². The molecule has 2 saturated heterocycles. The van der Waals surface area contributed by atoms with E-state index in [1.807, 2.05) is 0 Å². The van der Waals surface area contributed by atoms with Gasteiger partial charge in [-0.1, -0.05) is 12.1 Å². The molecule has 260 valence electrons. The van der Waals surface area contributed by atoms with Crippen molar-refractivity contribution in [2.24, 2.45) is 5.92 Å². The fraction of sp³-hybridized carbons (Fsp3) is 0.786. The number of ether oxygens (including phenoxy) is 9. The maximum absolute atomic E-state index is 11.8. The molecular formula is C28H43N3O15. The third-order valence-corrected chi connectivity index (χ3v) is 7.05. The van der Waals surface area contributed by atoms with Crippen molar-refractivity contribution in [1.82, 2.24) is 15.0 Å². The predicted molar refractivity (Wildman–Crippen MR) is 149 cm³/mol. The van der Waals surface area contributed by atoms with Crippen LogP contribution in [-0.4, -0.2) is 131 Å². The Morgan fingerprint density at radius 2 is 1.35 bits per heavy atom.